The fraction of sp³-hybridized carbons (Fsp3) is 0.150. The molecule has 0 fully saturated rings. The van der Waals surface area contributed by atoms with Gasteiger partial charge in [0.2, 0.25) is 5.88 Å². The molecule has 0 spiro atoms. The van der Waals surface area contributed by atoms with Crippen LogP contribution >= 0.6 is 0 Å². The van der Waals surface area contributed by atoms with Crippen molar-refractivity contribution in [3.05, 3.63) is 76.7 Å². The Morgan fingerprint density at radius 2 is 1.89 bits per heavy atom. The van der Waals surface area contributed by atoms with E-state index in [1.54, 1.807) is 23.9 Å². The van der Waals surface area contributed by atoms with Crippen molar-refractivity contribution >= 4 is 12.2 Å². The number of hydrogen-bond acceptors (Lipinski definition) is 5. The first-order chi connectivity index (χ1) is 13.4. The molecule has 3 rings (SSSR count). The van der Waals surface area contributed by atoms with Gasteiger partial charge in [0, 0.05) is 7.05 Å². The Morgan fingerprint density at radius 1 is 1.21 bits per heavy atom. The normalized spacial score (nSPS) is 11.0. The van der Waals surface area contributed by atoms with Gasteiger partial charge in [-0.1, -0.05) is 17.3 Å². The summed E-state index contributed by atoms with van der Waals surface area (Å²) in [7, 11) is 1.73. The standard InChI is InChI=1S/C20H18FN3O4/c1-13-18(11-22-27-12-14-3-5-15(6-4-14)20(25)26)19(24(2)23-13)28-17-9-7-16(21)8-10-17/h3-11H,12H2,1-2H3,(H,25,26)/b22-11+. The number of rotatable bonds is 7. The van der Waals surface area contributed by atoms with E-state index in [9.17, 15) is 9.18 Å². The molecule has 8 heteroatoms. The zero-order chi connectivity index (χ0) is 20.1. The first-order valence-electron chi connectivity index (χ1n) is 8.38. The number of ether oxygens (including phenoxy) is 1. The molecule has 28 heavy (non-hydrogen) atoms. The maximum atomic E-state index is 13.1. The van der Waals surface area contributed by atoms with E-state index in [2.05, 4.69) is 10.3 Å². The third-order valence-electron chi connectivity index (χ3n) is 3.93. The Labute approximate surface area is 160 Å². The molecule has 1 heterocycles. The number of nitrogens with zero attached hydrogens (tertiary/aromatic N) is 3. The largest absolute Gasteiger partial charge is 0.478 e. The van der Waals surface area contributed by atoms with E-state index in [1.807, 2.05) is 6.92 Å². The van der Waals surface area contributed by atoms with Gasteiger partial charge in [0.1, 0.15) is 18.2 Å². The van der Waals surface area contributed by atoms with Gasteiger partial charge in [-0.25, -0.2) is 13.9 Å². The molecule has 0 saturated carbocycles. The molecule has 1 N–H and O–H groups in total. The van der Waals surface area contributed by atoms with Crippen molar-refractivity contribution in [2.75, 3.05) is 0 Å². The average Bonchev–Trinajstić information content (AvgIpc) is 2.94. The maximum Gasteiger partial charge on any atom is 0.335 e. The molecule has 0 saturated heterocycles. The number of benzene rings is 2. The van der Waals surface area contributed by atoms with Crippen LogP contribution in [0.4, 0.5) is 4.39 Å². The van der Waals surface area contributed by atoms with Crippen LogP contribution in [0.15, 0.2) is 53.7 Å². The van der Waals surface area contributed by atoms with E-state index in [4.69, 9.17) is 14.7 Å². The highest BCUT2D eigenvalue weighted by atomic mass is 19.1. The van der Waals surface area contributed by atoms with E-state index < -0.39 is 5.97 Å². The number of aromatic carboxylic acids is 1. The van der Waals surface area contributed by atoms with Gasteiger partial charge in [-0.3, -0.25) is 0 Å². The van der Waals surface area contributed by atoms with Gasteiger partial charge >= 0.3 is 5.97 Å². The molecular weight excluding hydrogens is 365 g/mol. The second kappa shape index (κ2) is 8.34. The summed E-state index contributed by atoms with van der Waals surface area (Å²) in [5.41, 5.74) is 2.32. The zero-order valence-electron chi connectivity index (χ0n) is 15.3. The van der Waals surface area contributed by atoms with Crippen LogP contribution in [0.3, 0.4) is 0 Å². The van der Waals surface area contributed by atoms with Crippen molar-refractivity contribution in [1.29, 1.82) is 0 Å². The summed E-state index contributed by atoms with van der Waals surface area (Å²) >= 11 is 0. The molecule has 0 aliphatic heterocycles. The predicted octanol–water partition coefficient (Wildman–Crippen LogP) is 3.91. The lowest BCUT2D eigenvalue weighted by Gasteiger charge is -2.07. The number of aromatic nitrogens is 2. The number of halogens is 1. The van der Waals surface area contributed by atoms with Crippen LogP contribution in [0.25, 0.3) is 0 Å². The van der Waals surface area contributed by atoms with Crippen LogP contribution < -0.4 is 4.74 Å². The fourth-order valence-corrected chi connectivity index (χ4v) is 2.48. The molecule has 0 unspecified atom stereocenters. The number of aryl methyl sites for hydroxylation is 2. The molecule has 0 aliphatic rings. The molecule has 144 valence electrons. The summed E-state index contributed by atoms with van der Waals surface area (Å²) in [6.07, 6.45) is 1.49. The predicted molar refractivity (Wildman–Crippen MR) is 100 cm³/mol. The molecule has 0 aliphatic carbocycles. The van der Waals surface area contributed by atoms with Crippen LogP contribution in [0.1, 0.15) is 27.2 Å². The zero-order valence-corrected chi connectivity index (χ0v) is 15.3. The monoisotopic (exact) mass is 383 g/mol. The topological polar surface area (TPSA) is 85.9 Å². The fourth-order valence-electron chi connectivity index (χ4n) is 2.48. The summed E-state index contributed by atoms with van der Waals surface area (Å²) < 4.78 is 20.4. The molecule has 0 amide bonds. The third-order valence-corrected chi connectivity index (χ3v) is 3.93. The molecule has 0 bridgehead atoms. The minimum Gasteiger partial charge on any atom is -0.478 e. The van der Waals surface area contributed by atoms with Crippen molar-refractivity contribution in [3.8, 4) is 11.6 Å². The summed E-state index contributed by atoms with van der Waals surface area (Å²) in [5, 5.41) is 17.1. The van der Waals surface area contributed by atoms with E-state index in [-0.39, 0.29) is 18.0 Å². The molecule has 3 aromatic rings. The van der Waals surface area contributed by atoms with Crippen LogP contribution in [0.2, 0.25) is 0 Å². The smallest absolute Gasteiger partial charge is 0.335 e. The van der Waals surface area contributed by atoms with Gasteiger partial charge in [-0.15, -0.1) is 0 Å². The first kappa shape index (κ1) is 19.1. The Hall–Kier alpha value is -3.68. The Balaban J connectivity index is 1.67. The van der Waals surface area contributed by atoms with Crippen LogP contribution in [0, 0.1) is 12.7 Å². The van der Waals surface area contributed by atoms with E-state index in [1.165, 1.54) is 42.6 Å². The van der Waals surface area contributed by atoms with Gasteiger partial charge in [-0.05, 0) is 48.9 Å². The number of carboxylic acids is 1. The second-order valence-electron chi connectivity index (χ2n) is 5.99. The van der Waals surface area contributed by atoms with Gasteiger partial charge in [0.15, 0.2) is 0 Å². The number of hydrogen-bond donors (Lipinski definition) is 1. The quantitative estimate of drug-likeness (QED) is 0.494. The van der Waals surface area contributed by atoms with E-state index >= 15 is 0 Å². The number of carboxylic acid groups (broad SMARTS) is 1. The van der Waals surface area contributed by atoms with Crippen molar-refractivity contribution in [2.45, 2.75) is 13.5 Å². The molecule has 2 aromatic carbocycles. The lowest BCUT2D eigenvalue weighted by Crippen LogP contribution is -1.97. The second-order valence-corrected chi connectivity index (χ2v) is 5.99. The van der Waals surface area contributed by atoms with Crippen LogP contribution in [0.5, 0.6) is 11.6 Å². The highest BCUT2D eigenvalue weighted by Crippen LogP contribution is 2.26. The van der Waals surface area contributed by atoms with Crippen molar-refractivity contribution in [1.82, 2.24) is 9.78 Å². The Morgan fingerprint density at radius 3 is 2.54 bits per heavy atom. The number of oxime groups is 1. The molecular formula is C20H18FN3O4. The summed E-state index contributed by atoms with van der Waals surface area (Å²) in [4.78, 5) is 16.1. The lowest BCUT2D eigenvalue weighted by atomic mass is 10.1. The lowest BCUT2D eigenvalue weighted by molar-refractivity contribution is 0.0696. The Bertz CT molecular complexity index is 996. The summed E-state index contributed by atoms with van der Waals surface area (Å²) in [6, 6.07) is 12.0. The molecule has 0 atom stereocenters. The number of carbonyl (C=O) groups is 1. The summed E-state index contributed by atoms with van der Waals surface area (Å²) in [6.45, 7) is 1.99. The molecule has 0 radical (unpaired) electrons. The van der Waals surface area contributed by atoms with E-state index in [0.717, 1.165) is 5.56 Å². The van der Waals surface area contributed by atoms with Crippen LogP contribution in [-0.2, 0) is 18.5 Å². The minimum absolute atomic E-state index is 0.184. The minimum atomic E-state index is -0.980. The average molecular weight is 383 g/mol. The maximum absolute atomic E-state index is 13.1. The van der Waals surface area contributed by atoms with Gasteiger partial charge in [0.05, 0.1) is 23.0 Å². The van der Waals surface area contributed by atoms with Crippen LogP contribution in [-0.4, -0.2) is 27.1 Å². The first-order valence-corrected chi connectivity index (χ1v) is 8.38. The van der Waals surface area contributed by atoms with E-state index in [0.29, 0.717) is 22.9 Å². The van der Waals surface area contributed by atoms with Crippen molar-refractivity contribution in [3.63, 3.8) is 0 Å². The highest BCUT2D eigenvalue weighted by molar-refractivity contribution is 5.87. The van der Waals surface area contributed by atoms with Crippen molar-refractivity contribution < 1.29 is 23.9 Å². The van der Waals surface area contributed by atoms with Gasteiger partial charge in [0.25, 0.3) is 0 Å². The Kier molecular flexibility index (Phi) is 5.69. The highest BCUT2D eigenvalue weighted by Gasteiger charge is 2.14. The molecule has 1 aromatic heterocycles. The third kappa shape index (κ3) is 4.53. The van der Waals surface area contributed by atoms with Gasteiger partial charge in [-0.2, -0.15) is 5.10 Å². The summed E-state index contributed by atoms with van der Waals surface area (Å²) in [5.74, 6) is -0.410. The van der Waals surface area contributed by atoms with Crippen molar-refractivity contribution in [2.24, 2.45) is 12.2 Å². The molecule has 7 nitrogen and oxygen atoms in total. The van der Waals surface area contributed by atoms with Gasteiger partial charge < -0.3 is 14.7 Å². The SMILES string of the molecule is Cc1nn(C)c(Oc2ccc(F)cc2)c1/C=N/OCc1ccc(C(=O)O)cc1.